The molecule has 4 nitrogen and oxygen atoms in total. The van der Waals surface area contributed by atoms with Crippen molar-refractivity contribution in [3.05, 3.63) is 0 Å². The second kappa shape index (κ2) is 3.69. The van der Waals surface area contributed by atoms with Gasteiger partial charge in [0, 0.05) is 6.54 Å². The van der Waals surface area contributed by atoms with Crippen LogP contribution in [-0.4, -0.2) is 41.9 Å². The molecular weight excluding hydrogens is 146 g/mol. The normalized spacial score (nSPS) is 22.0. The summed E-state index contributed by atoms with van der Waals surface area (Å²) in [4.78, 5) is 12.5. The van der Waals surface area contributed by atoms with Crippen LogP contribution in [0.2, 0.25) is 0 Å². The maximum absolute atomic E-state index is 11.0. The monoisotopic (exact) mass is 159 g/mol. The fourth-order valence-corrected chi connectivity index (χ4v) is 1.07. The predicted molar refractivity (Wildman–Crippen MR) is 38.8 cm³/mol. The third-order valence-corrected chi connectivity index (χ3v) is 1.75. The lowest BCUT2D eigenvalue weighted by Gasteiger charge is -2.30. The van der Waals surface area contributed by atoms with E-state index in [2.05, 4.69) is 0 Å². The molecule has 1 saturated heterocycles. The zero-order valence-corrected chi connectivity index (χ0v) is 6.62. The summed E-state index contributed by atoms with van der Waals surface area (Å²) in [7, 11) is 0. The average Bonchev–Trinajstić information content (AvgIpc) is 2.04. The van der Waals surface area contributed by atoms with Crippen molar-refractivity contribution in [2.24, 2.45) is 0 Å². The largest absolute Gasteiger partial charge is 0.374 e. The lowest BCUT2D eigenvalue weighted by Crippen LogP contribution is -2.47. The number of hydrogen-bond donors (Lipinski definition) is 1. The molecule has 0 spiro atoms. The Kier molecular flexibility index (Phi) is 2.84. The molecule has 0 aromatic carbocycles. The number of morpholine rings is 1. The molecule has 1 amide bonds. The topological polar surface area (TPSA) is 49.8 Å². The summed E-state index contributed by atoms with van der Waals surface area (Å²) in [6, 6.07) is 0. The Morgan fingerprint density at radius 2 is 2.55 bits per heavy atom. The van der Waals surface area contributed by atoms with Gasteiger partial charge >= 0.3 is 0 Å². The van der Waals surface area contributed by atoms with E-state index in [1.54, 1.807) is 0 Å². The van der Waals surface area contributed by atoms with Crippen LogP contribution in [0.15, 0.2) is 0 Å². The molecule has 1 unspecified atom stereocenters. The van der Waals surface area contributed by atoms with Crippen LogP contribution in [0.4, 0.5) is 0 Å². The van der Waals surface area contributed by atoms with Gasteiger partial charge in [-0.15, -0.1) is 0 Å². The SMILES string of the molecule is CCC(O)N1CCOCC1=O. The van der Waals surface area contributed by atoms with Crippen LogP contribution in [0.25, 0.3) is 0 Å². The molecule has 0 saturated carbocycles. The summed E-state index contributed by atoms with van der Waals surface area (Å²) in [6.45, 7) is 2.99. The van der Waals surface area contributed by atoms with Crippen molar-refractivity contribution in [3.63, 3.8) is 0 Å². The Morgan fingerprint density at radius 1 is 1.82 bits per heavy atom. The highest BCUT2D eigenvalue weighted by Crippen LogP contribution is 2.05. The van der Waals surface area contributed by atoms with Crippen molar-refractivity contribution >= 4 is 5.91 Å². The summed E-state index contributed by atoms with van der Waals surface area (Å²) in [5.41, 5.74) is 0. The molecule has 1 fully saturated rings. The van der Waals surface area contributed by atoms with E-state index >= 15 is 0 Å². The second-order valence-corrected chi connectivity index (χ2v) is 2.53. The number of aliphatic hydroxyl groups excluding tert-OH is 1. The van der Waals surface area contributed by atoms with E-state index in [0.29, 0.717) is 19.6 Å². The van der Waals surface area contributed by atoms with Crippen LogP contribution in [-0.2, 0) is 9.53 Å². The van der Waals surface area contributed by atoms with E-state index in [0.717, 1.165) is 0 Å². The molecule has 1 heterocycles. The van der Waals surface area contributed by atoms with Crippen LogP contribution in [0.5, 0.6) is 0 Å². The number of rotatable bonds is 2. The molecule has 1 aliphatic heterocycles. The summed E-state index contributed by atoms with van der Waals surface area (Å²) in [6.07, 6.45) is -0.0578. The molecule has 64 valence electrons. The minimum atomic E-state index is -0.633. The lowest BCUT2D eigenvalue weighted by molar-refractivity contribution is -0.155. The number of carbonyl (C=O) groups is 1. The zero-order chi connectivity index (χ0) is 8.27. The first-order valence-electron chi connectivity index (χ1n) is 3.81. The van der Waals surface area contributed by atoms with Gasteiger partial charge in [0.05, 0.1) is 6.61 Å². The van der Waals surface area contributed by atoms with Gasteiger partial charge in [-0.2, -0.15) is 0 Å². The minimum Gasteiger partial charge on any atom is -0.374 e. The maximum atomic E-state index is 11.0. The van der Waals surface area contributed by atoms with Crippen LogP contribution in [0.1, 0.15) is 13.3 Å². The van der Waals surface area contributed by atoms with Gasteiger partial charge in [0.1, 0.15) is 12.8 Å². The smallest absolute Gasteiger partial charge is 0.250 e. The Balaban J connectivity index is 2.47. The van der Waals surface area contributed by atoms with Crippen LogP contribution < -0.4 is 0 Å². The number of nitrogens with zero attached hydrogens (tertiary/aromatic N) is 1. The van der Waals surface area contributed by atoms with Crippen molar-refractivity contribution in [2.75, 3.05) is 19.8 Å². The average molecular weight is 159 g/mol. The molecule has 1 N–H and O–H groups in total. The molecule has 4 heteroatoms. The molecule has 1 rings (SSSR count). The molecule has 0 bridgehead atoms. The van der Waals surface area contributed by atoms with Crippen molar-refractivity contribution in [1.82, 2.24) is 4.90 Å². The summed E-state index contributed by atoms with van der Waals surface area (Å²) in [5, 5.41) is 9.30. The molecule has 0 aromatic heterocycles. The summed E-state index contributed by atoms with van der Waals surface area (Å²) in [5.74, 6) is -0.120. The fraction of sp³-hybridized carbons (Fsp3) is 0.857. The summed E-state index contributed by atoms with van der Waals surface area (Å²) >= 11 is 0. The van der Waals surface area contributed by atoms with Gasteiger partial charge < -0.3 is 14.7 Å². The molecule has 0 aliphatic carbocycles. The number of hydrogen-bond acceptors (Lipinski definition) is 3. The van der Waals surface area contributed by atoms with Crippen LogP contribution in [0.3, 0.4) is 0 Å². The van der Waals surface area contributed by atoms with E-state index in [9.17, 15) is 9.90 Å². The van der Waals surface area contributed by atoms with E-state index in [1.165, 1.54) is 4.90 Å². The summed E-state index contributed by atoms with van der Waals surface area (Å²) < 4.78 is 4.90. The van der Waals surface area contributed by atoms with Crippen molar-refractivity contribution in [1.29, 1.82) is 0 Å². The minimum absolute atomic E-state index is 0.108. The highest BCUT2D eigenvalue weighted by atomic mass is 16.5. The molecule has 0 radical (unpaired) electrons. The first-order chi connectivity index (χ1) is 5.25. The first-order valence-corrected chi connectivity index (χ1v) is 3.81. The molecular formula is C7H13NO3. The van der Waals surface area contributed by atoms with Crippen LogP contribution in [0, 0.1) is 0 Å². The molecule has 1 aliphatic rings. The Hall–Kier alpha value is -0.610. The number of aliphatic hydroxyl groups is 1. The number of ether oxygens (including phenoxy) is 1. The molecule has 11 heavy (non-hydrogen) atoms. The molecule has 1 atom stereocenters. The Morgan fingerprint density at radius 3 is 3.09 bits per heavy atom. The molecule has 0 aromatic rings. The lowest BCUT2D eigenvalue weighted by atomic mass is 10.3. The third-order valence-electron chi connectivity index (χ3n) is 1.75. The van der Waals surface area contributed by atoms with Crippen molar-refractivity contribution in [3.8, 4) is 0 Å². The van der Waals surface area contributed by atoms with Crippen molar-refractivity contribution < 1.29 is 14.6 Å². The van der Waals surface area contributed by atoms with Gasteiger partial charge in [0.25, 0.3) is 5.91 Å². The van der Waals surface area contributed by atoms with Gasteiger partial charge in [-0.3, -0.25) is 4.79 Å². The van der Waals surface area contributed by atoms with E-state index in [1.807, 2.05) is 6.92 Å². The second-order valence-electron chi connectivity index (χ2n) is 2.53. The third kappa shape index (κ3) is 1.91. The van der Waals surface area contributed by atoms with E-state index in [-0.39, 0.29) is 12.5 Å². The Labute approximate surface area is 65.8 Å². The van der Waals surface area contributed by atoms with E-state index in [4.69, 9.17) is 4.74 Å². The quantitative estimate of drug-likeness (QED) is 0.595. The fourth-order valence-electron chi connectivity index (χ4n) is 1.07. The van der Waals surface area contributed by atoms with Gasteiger partial charge in [-0.05, 0) is 6.42 Å². The maximum Gasteiger partial charge on any atom is 0.250 e. The predicted octanol–water partition coefficient (Wildman–Crippen LogP) is -0.426. The first kappa shape index (κ1) is 8.49. The number of carbonyl (C=O) groups excluding carboxylic acids is 1. The number of amides is 1. The van der Waals surface area contributed by atoms with Crippen LogP contribution >= 0.6 is 0 Å². The van der Waals surface area contributed by atoms with Crippen molar-refractivity contribution in [2.45, 2.75) is 19.6 Å². The van der Waals surface area contributed by atoms with Gasteiger partial charge in [-0.1, -0.05) is 6.92 Å². The Bertz CT molecular complexity index is 149. The van der Waals surface area contributed by atoms with Gasteiger partial charge in [-0.25, -0.2) is 0 Å². The zero-order valence-electron chi connectivity index (χ0n) is 6.62. The van der Waals surface area contributed by atoms with Gasteiger partial charge in [0.15, 0.2) is 0 Å². The van der Waals surface area contributed by atoms with E-state index < -0.39 is 6.23 Å². The highest BCUT2D eigenvalue weighted by Gasteiger charge is 2.23. The standard InChI is InChI=1S/C7H13NO3/c1-2-6(9)8-3-4-11-5-7(8)10/h6,9H,2-5H2,1H3. The van der Waals surface area contributed by atoms with Gasteiger partial charge in [0.2, 0.25) is 0 Å². The highest BCUT2D eigenvalue weighted by molar-refractivity contribution is 5.78.